The maximum absolute atomic E-state index is 11.3. The Morgan fingerprint density at radius 2 is 1.64 bits per heavy atom. The zero-order valence-electron chi connectivity index (χ0n) is 10.9. The molecular weight excluding hydrogens is 332 g/mol. The van der Waals surface area contributed by atoms with E-state index < -0.39 is 30.0 Å². The molecule has 0 saturated carbocycles. The molecule has 0 aliphatic rings. The third-order valence-corrected chi connectivity index (χ3v) is 4.49. The van der Waals surface area contributed by atoms with Crippen LogP contribution in [0.15, 0.2) is 46.2 Å². The Morgan fingerprint density at radius 3 is 2.18 bits per heavy atom. The number of hydrogen-bond donors (Lipinski definition) is 4. The molecule has 2 rings (SSSR count). The lowest BCUT2D eigenvalue weighted by molar-refractivity contribution is 0.481. The van der Waals surface area contributed by atoms with E-state index in [2.05, 4.69) is 11.4 Å². The van der Waals surface area contributed by atoms with E-state index in [1.807, 2.05) is 0 Å². The van der Waals surface area contributed by atoms with Gasteiger partial charge in [-0.05, 0) is 36.4 Å². The number of rotatable bonds is 4. The van der Waals surface area contributed by atoms with Crippen LogP contribution in [-0.4, -0.2) is 25.9 Å². The lowest BCUT2D eigenvalue weighted by Gasteiger charge is -2.11. The van der Waals surface area contributed by atoms with Gasteiger partial charge in [0.1, 0.15) is 9.79 Å². The van der Waals surface area contributed by atoms with E-state index >= 15 is 0 Å². The maximum atomic E-state index is 11.3. The third-order valence-electron chi connectivity index (χ3n) is 2.67. The summed E-state index contributed by atoms with van der Waals surface area (Å²) in [4.78, 5) is -0.859. The highest BCUT2D eigenvalue weighted by molar-refractivity contribution is 7.86. The molecule has 0 atom stereocenters. The van der Waals surface area contributed by atoms with E-state index in [1.165, 1.54) is 24.3 Å². The van der Waals surface area contributed by atoms with Crippen molar-refractivity contribution in [3.63, 3.8) is 0 Å². The van der Waals surface area contributed by atoms with Gasteiger partial charge >= 0.3 is 0 Å². The Labute approximate surface area is 127 Å². The Bertz CT molecular complexity index is 922. The van der Waals surface area contributed by atoms with Gasteiger partial charge in [-0.15, -0.1) is 0 Å². The summed E-state index contributed by atoms with van der Waals surface area (Å²) in [6.07, 6.45) is 0. The van der Waals surface area contributed by atoms with Gasteiger partial charge in [0.05, 0.1) is 11.4 Å². The van der Waals surface area contributed by atoms with Gasteiger partial charge < -0.3 is 11.1 Å². The monoisotopic (exact) mass is 343 g/mol. The molecule has 0 spiro atoms. The smallest absolute Gasteiger partial charge is 0.296 e. The van der Waals surface area contributed by atoms with Crippen LogP contribution in [0.25, 0.3) is 0 Å². The van der Waals surface area contributed by atoms with Gasteiger partial charge in [-0.1, -0.05) is 6.07 Å². The van der Waals surface area contributed by atoms with Crippen molar-refractivity contribution in [3.05, 3.63) is 42.5 Å². The molecule has 8 nitrogen and oxygen atoms in total. The average Bonchev–Trinajstić information content (AvgIpc) is 2.36. The fraction of sp³-hybridized carbons (Fsp3) is 0. The van der Waals surface area contributed by atoms with Crippen LogP contribution in [-0.2, 0) is 20.2 Å². The zero-order valence-corrected chi connectivity index (χ0v) is 12.5. The molecule has 117 valence electrons. The van der Waals surface area contributed by atoms with Crippen LogP contribution in [0, 0.1) is 6.07 Å². The standard InChI is InChI=1S/C12H11N2O6S2/c13-9-7-8(5-6-11(9)21(15,16)17)14-10-3-1-2-4-12(10)22(18,19)20/h1,3-7,14H,13H2,(H,15,16,17)(H,18,19,20). The number of nitrogens with two attached hydrogens (primary N) is 1. The van der Waals surface area contributed by atoms with E-state index in [4.69, 9.17) is 14.8 Å². The van der Waals surface area contributed by atoms with Crippen molar-refractivity contribution in [3.8, 4) is 0 Å². The van der Waals surface area contributed by atoms with Gasteiger partial charge in [-0.25, -0.2) is 0 Å². The minimum absolute atomic E-state index is 0.0558. The maximum Gasteiger partial charge on any atom is 0.296 e. The van der Waals surface area contributed by atoms with Crippen LogP contribution in [0.3, 0.4) is 0 Å². The van der Waals surface area contributed by atoms with Crippen molar-refractivity contribution in [1.82, 2.24) is 0 Å². The molecule has 0 amide bonds. The van der Waals surface area contributed by atoms with E-state index in [0.717, 1.165) is 12.1 Å². The van der Waals surface area contributed by atoms with Gasteiger partial charge in [0.25, 0.3) is 20.2 Å². The summed E-state index contributed by atoms with van der Waals surface area (Å²) in [6.45, 7) is 0. The second-order valence-corrected chi connectivity index (χ2v) is 7.03. The molecule has 5 N–H and O–H groups in total. The number of hydrogen-bond acceptors (Lipinski definition) is 6. The van der Waals surface area contributed by atoms with E-state index in [1.54, 1.807) is 0 Å². The molecule has 0 aliphatic carbocycles. The molecule has 1 radical (unpaired) electrons. The molecule has 2 aromatic carbocycles. The van der Waals surface area contributed by atoms with Crippen molar-refractivity contribution in [2.24, 2.45) is 0 Å². The summed E-state index contributed by atoms with van der Waals surface area (Å²) >= 11 is 0. The zero-order chi connectivity index (χ0) is 16.5. The van der Waals surface area contributed by atoms with Gasteiger partial charge in [0.2, 0.25) is 0 Å². The van der Waals surface area contributed by atoms with Crippen molar-refractivity contribution in [2.75, 3.05) is 11.1 Å². The first kappa shape index (κ1) is 16.2. The first-order valence-electron chi connectivity index (χ1n) is 5.70. The number of nitrogens with one attached hydrogen (secondary N) is 1. The van der Waals surface area contributed by atoms with Gasteiger partial charge in [-0.2, -0.15) is 16.8 Å². The summed E-state index contributed by atoms with van der Waals surface area (Å²) in [5, 5.41) is 2.68. The first-order valence-corrected chi connectivity index (χ1v) is 8.58. The molecular formula is C12H11N2O6S2. The quantitative estimate of drug-likeness (QED) is 0.480. The van der Waals surface area contributed by atoms with Crippen LogP contribution in [0.1, 0.15) is 0 Å². The molecule has 0 aliphatic heterocycles. The fourth-order valence-corrected chi connectivity index (χ4v) is 2.96. The molecule has 0 unspecified atom stereocenters. The molecule has 22 heavy (non-hydrogen) atoms. The third kappa shape index (κ3) is 3.54. The Hall–Kier alpha value is -2.14. The van der Waals surface area contributed by atoms with E-state index in [0.29, 0.717) is 0 Å². The lowest BCUT2D eigenvalue weighted by atomic mass is 10.2. The first-order chi connectivity index (χ1) is 10.1. The lowest BCUT2D eigenvalue weighted by Crippen LogP contribution is -2.05. The number of nitrogen functional groups attached to an aromatic ring is 1. The Kier molecular flexibility index (Phi) is 4.11. The molecule has 0 aromatic heterocycles. The van der Waals surface area contributed by atoms with Crippen molar-refractivity contribution in [2.45, 2.75) is 9.79 Å². The van der Waals surface area contributed by atoms with Crippen LogP contribution in [0.5, 0.6) is 0 Å². The second-order valence-electron chi connectivity index (χ2n) is 4.25. The van der Waals surface area contributed by atoms with Crippen LogP contribution >= 0.6 is 0 Å². The normalized spacial score (nSPS) is 12.1. The fourth-order valence-electron chi connectivity index (χ4n) is 1.75. The summed E-state index contributed by atoms with van der Waals surface area (Å²) in [6, 6.07) is 9.92. The average molecular weight is 343 g/mol. The molecule has 0 bridgehead atoms. The molecule has 0 heterocycles. The molecule has 0 saturated heterocycles. The summed E-state index contributed by atoms with van der Waals surface area (Å²) in [5.74, 6) is 0. The Morgan fingerprint density at radius 1 is 1.00 bits per heavy atom. The van der Waals surface area contributed by atoms with Crippen molar-refractivity contribution >= 4 is 37.3 Å². The highest BCUT2D eigenvalue weighted by Crippen LogP contribution is 2.27. The minimum Gasteiger partial charge on any atom is -0.398 e. The summed E-state index contributed by atoms with van der Waals surface area (Å²) in [7, 11) is -8.90. The predicted molar refractivity (Wildman–Crippen MR) is 79.0 cm³/mol. The Balaban J connectivity index is 2.44. The van der Waals surface area contributed by atoms with Crippen LogP contribution < -0.4 is 11.1 Å². The predicted octanol–water partition coefficient (Wildman–Crippen LogP) is 1.31. The number of anilines is 3. The highest BCUT2D eigenvalue weighted by Gasteiger charge is 2.17. The van der Waals surface area contributed by atoms with E-state index in [9.17, 15) is 16.8 Å². The van der Waals surface area contributed by atoms with Crippen LogP contribution in [0.4, 0.5) is 17.1 Å². The molecule has 0 fully saturated rings. The van der Waals surface area contributed by atoms with Crippen LogP contribution in [0.2, 0.25) is 0 Å². The molecule has 2 aromatic rings. The largest absolute Gasteiger partial charge is 0.398 e. The van der Waals surface area contributed by atoms with Gasteiger partial charge in [-0.3, -0.25) is 9.11 Å². The number of benzene rings is 2. The second kappa shape index (κ2) is 5.57. The van der Waals surface area contributed by atoms with E-state index in [-0.39, 0.29) is 17.1 Å². The highest BCUT2D eigenvalue weighted by atomic mass is 32.2. The summed E-state index contributed by atoms with van der Waals surface area (Å²) < 4.78 is 62.7. The molecule has 10 heteroatoms. The topological polar surface area (TPSA) is 147 Å². The SMILES string of the molecule is Nc1cc(Nc2cc[c]cc2S(=O)(=O)O)ccc1S(=O)(=O)O. The van der Waals surface area contributed by atoms with Gasteiger partial charge in [0, 0.05) is 5.69 Å². The van der Waals surface area contributed by atoms with Crippen molar-refractivity contribution < 1.29 is 25.9 Å². The summed E-state index contributed by atoms with van der Waals surface area (Å²) in [5.41, 5.74) is 5.63. The minimum atomic E-state index is -4.46. The van der Waals surface area contributed by atoms with Crippen molar-refractivity contribution in [1.29, 1.82) is 0 Å². The van der Waals surface area contributed by atoms with Gasteiger partial charge in [0.15, 0.2) is 0 Å².